The van der Waals surface area contributed by atoms with Gasteiger partial charge in [-0.2, -0.15) is 0 Å². The number of nitrogens with zero attached hydrogens (tertiary/aromatic N) is 3. The van der Waals surface area contributed by atoms with Crippen LogP contribution in [0.5, 0.6) is 0 Å². The number of para-hydroxylation sites is 1. The third-order valence-corrected chi connectivity index (χ3v) is 6.62. The van der Waals surface area contributed by atoms with Crippen molar-refractivity contribution in [1.82, 2.24) is 14.5 Å². The van der Waals surface area contributed by atoms with Gasteiger partial charge in [0, 0.05) is 32.2 Å². The van der Waals surface area contributed by atoms with Crippen LogP contribution in [0.15, 0.2) is 24.3 Å². The van der Waals surface area contributed by atoms with Gasteiger partial charge < -0.3 is 29.4 Å². The number of fused-ring (bicyclic) bond motifs is 3. The van der Waals surface area contributed by atoms with Crippen LogP contribution in [-0.2, 0) is 50.4 Å². The second kappa shape index (κ2) is 14.3. The Labute approximate surface area is 226 Å². The van der Waals surface area contributed by atoms with Crippen LogP contribution < -0.4 is 5.73 Å². The van der Waals surface area contributed by atoms with Crippen molar-refractivity contribution in [3.05, 3.63) is 30.1 Å². The number of nitrogen functional groups attached to an aromatic ring is 1. The largest absolute Gasteiger partial charge is 0.472 e. The molecule has 0 aliphatic carbocycles. The summed E-state index contributed by atoms with van der Waals surface area (Å²) in [5.41, 5.74) is 8.31. The van der Waals surface area contributed by atoms with Gasteiger partial charge in [-0.1, -0.05) is 31.5 Å². The Morgan fingerprint density at radius 3 is 2.54 bits per heavy atom. The van der Waals surface area contributed by atoms with Gasteiger partial charge >= 0.3 is 19.8 Å². The molecule has 2 aromatic heterocycles. The molecule has 3 aromatic rings. The Balaban J connectivity index is 1.58. The first-order chi connectivity index (χ1) is 18.6. The molecule has 0 radical (unpaired) electrons. The lowest BCUT2D eigenvalue weighted by Crippen LogP contribution is -2.29. The minimum Gasteiger partial charge on any atom is -0.462 e. The number of rotatable bonds is 16. The van der Waals surface area contributed by atoms with Crippen molar-refractivity contribution in [2.75, 3.05) is 38.8 Å². The normalized spacial score (nSPS) is 13.8. The molecule has 0 bridgehead atoms. The molecule has 3 N–H and O–H groups in total. The van der Waals surface area contributed by atoms with Gasteiger partial charge in [-0.25, -0.2) is 14.5 Å². The number of carbonyl (C=O) groups excluding carboxylic acids is 2. The Hall–Kier alpha value is -3.09. The van der Waals surface area contributed by atoms with Crippen molar-refractivity contribution >= 4 is 47.5 Å². The van der Waals surface area contributed by atoms with Crippen LogP contribution in [0.1, 0.15) is 39.4 Å². The zero-order valence-electron chi connectivity index (χ0n) is 22.3. The highest BCUT2D eigenvalue weighted by Gasteiger charge is 2.23. The standard InChI is InChI=1S/C25H35N4O9P/c1-4-5-10-22-28-23-24(20-8-6-7-9-21(20)27-25(23)26)29(22)11-12-36-39(32,33)37-14-13-34-15-19(38-18(3)31)16-35-17(2)30/h6-9,19H,4-5,10-16H2,1-3H3,(H2,26,27)(H,32,33)/t19-/m0/s1. The van der Waals surface area contributed by atoms with E-state index in [1.165, 1.54) is 13.8 Å². The third-order valence-electron chi connectivity index (χ3n) is 5.60. The number of esters is 2. The summed E-state index contributed by atoms with van der Waals surface area (Å²) < 4.78 is 39.7. The second-order valence-corrected chi connectivity index (χ2v) is 10.2. The molecular weight excluding hydrogens is 531 g/mol. The number of hydrogen-bond acceptors (Lipinski definition) is 11. The predicted molar refractivity (Wildman–Crippen MR) is 143 cm³/mol. The molecule has 0 saturated carbocycles. The van der Waals surface area contributed by atoms with E-state index in [1.54, 1.807) is 0 Å². The highest BCUT2D eigenvalue weighted by molar-refractivity contribution is 7.47. The van der Waals surface area contributed by atoms with Crippen LogP contribution in [0, 0.1) is 0 Å². The van der Waals surface area contributed by atoms with Gasteiger partial charge in [0.05, 0.1) is 37.5 Å². The Bertz CT molecular complexity index is 1330. The monoisotopic (exact) mass is 566 g/mol. The number of aromatic nitrogens is 3. The van der Waals surface area contributed by atoms with Gasteiger partial charge in [0.25, 0.3) is 0 Å². The molecule has 0 fully saturated rings. The van der Waals surface area contributed by atoms with Crippen LogP contribution in [-0.4, -0.2) is 70.5 Å². The number of ether oxygens (including phenoxy) is 3. The van der Waals surface area contributed by atoms with E-state index < -0.39 is 25.9 Å². The third kappa shape index (κ3) is 8.97. The maximum Gasteiger partial charge on any atom is 0.472 e. The maximum absolute atomic E-state index is 12.4. The van der Waals surface area contributed by atoms with Crippen molar-refractivity contribution in [3.8, 4) is 0 Å². The summed E-state index contributed by atoms with van der Waals surface area (Å²) in [6, 6.07) is 7.59. The summed E-state index contributed by atoms with van der Waals surface area (Å²) in [5, 5.41) is 0.873. The van der Waals surface area contributed by atoms with Crippen molar-refractivity contribution in [2.24, 2.45) is 0 Å². The summed E-state index contributed by atoms with van der Waals surface area (Å²) in [6.07, 6.45) is 1.78. The number of pyridine rings is 1. The molecule has 3 rings (SSSR count). The molecule has 2 heterocycles. The topological polar surface area (TPSA) is 174 Å². The smallest absolute Gasteiger partial charge is 0.462 e. The Morgan fingerprint density at radius 2 is 1.82 bits per heavy atom. The van der Waals surface area contributed by atoms with Crippen LogP contribution >= 0.6 is 7.82 Å². The van der Waals surface area contributed by atoms with Crippen molar-refractivity contribution in [1.29, 1.82) is 0 Å². The van der Waals surface area contributed by atoms with E-state index in [4.69, 9.17) is 34.0 Å². The van der Waals surface area contributed by atoms with E-state index in [0.29, 0.717) is 17.8 Å². The van der Waals surface area contributed by atoms with Gasteiger partial charge in [-0.05, 0) is 12.5 Å². The van der Waals surface area contributed by atoms with Gasteiger partial charge in [0.2, 0.25) is 0 Å². The molecule has 0 saturated heterocycles. The zero-order valence-corrected chi connectivity index (χ0v) is 23.2. The lowest BCUT2D eigenvalue weighted by molar-refractivity contribution is -0.160. The predicted octanol–water partition coefficient (Wildman–Crippen LogP) is 3.15. The minimum atomic E-state index is -4.38. The fourth-order valence-electron chi connectivity index (χ4n) is 3.94. The molecule has 0 spiro atoms. The molecule has 13 nitrogen and oxygen atoms in total. The van der Waals surface area contributed by atoms with Gasteiger partial charge in [0.15, 0.2) is 11.9 Å². The average molecular weight is 567 g/mol. The fraction of sp³-hybridized carbons (Fsp3) is 0.520. The number of carbonyl (C=O) groups is 2. The number of phosphoric acid groups is 1. The zero-order chi connectivity index (χ0) is 28.4. The van der Waals surface area contributed by atoms with Gasteiger partial charge in [0.1, 0.15) is 17.9 Å². The van der Waals surface area contributed by atoms with E-state index in [-0.39, 0.29) is 39.6 Å². The highest BCUT2D eigenvalue weighted by Crippen LogP contribution is 2.43. The van der Waals surface area contributed by atoms with E-state index in [1.807, 2.05) is 28.8 Å². The summed E-state index contributed by atoms with van der Waals surface area (Å²) >= 11 is 0. The molecule has 0 amide bonds. The first-order valence-corrected chi connectivity index (χ1v) is 14.1. The van der Waals surface area contributed by atoms with E-state index in [9.17, 15) is 19.0 Å². The van der Waals surface area contributed by atoms with E-state index in [0.717, 1.165) is 35.1 Å². The molecular formula is C25H35N4O9P. The first kappa shape index (κ1) is 30.5. The van der Waals surface area contributed by atoms with Crippen molar-refractivity contribution < 1.29 is 42.3 Å². The number of anilines is 1. The van der Waals surface area contributed by atoms with E-state index in [2.05, 4.69) is 11.9 Å². The first-order valence-electron chi connectivity index (χ1n) is 12.6. The average Bonchev–Trinajstić information content (AvgIpc) is 3.24. The number of nitrogens with two attached hydrogens (primary N) is 1. The molecule has 1 unspecified atom stereocenters. The number of hydrogen-bond donors (Lipinski definition) is 2. The quantitative estimate of drug-likeness (QED) is 0.147. The number of benzene rings is 1. The molecule has 214 valence electrons. The molecule has 0 aliphatic rings. The molecule has 0 aliphatic heterocycles. The fourth-order valence-corrected chi connectivity index (χ4v) is 4.64. The minimum absolute atomic E-state index is 0.0860. The SMILES string of the molecule is CCCCc1nc2c(N)nc3ccccc3c2n1CCOP(=O)(O)OCCOC[C@@H](COC(C)=O)OC(C)=O. The number of phosphoric ester groups is 1. The molecule has 2 atom stereocenters. The van der Waals surface area contributed by atoms with Crippen LogP contribution in [0.2, 0.25) is 0 Å². The maximum atomic E-state index is 12.4. The summed E-state index contributed by atoms with van der Waals surface area (Å²) in [6.45, 7) is 4.06. The molecule has 1 aromatic carbocycles. The van der Waals surface area contributed by atoms with Crippen LogP contribution in [0.25, 0.3) is 21.9 Å². The highest BCUT2D eigenvalue weighted by atomic mass is 31.2. The summed E-state index contributed by atoms with van der Waals surface area (Å²) in [7, 11) is -4.38. The van der Waals surface area contributed by atoms with Gasteiger partial charge in [-0.3, -0.25) is 18.6 Å². The van der Waals surface area contributed by atoms with E-state index >= 15 is 0 Å². The number of aryl methyl sites for hydroxylation is 1. The lowest BCUT2D eigenvalue weighted by atomic mass is 10.2. The Kier molecular flexibility index (Phi) is 11.2. The van der Waals surface area contributed by atoms with Crippen molar-refractivity contribution in [3.63, 3.8) is 0 Å². The lowest BCUT2D eigenvalue weighted by Gasteiger charge is -2.17. The second-order valence-electron chi connectivity index (χ2n) is 8.74. The Morgan fingerprint density at radius 1 is 1.08 bits per heavy atom. The summed E-state index contributed by atoms with van der Waals surface area (Å²) in [4.78, 5) is 41.5. The molecule has 14 heteroatoms. The number of unbranched alkanes of at least 4 members (excludes halogenated alkanes) is 1. The summed E-state index contributed by atoms with van der Waals surface area (Å²) in [5.74, 6) is 0.0265. The van der Waals surface area contributed by atoms with Crippen LogP contribution in [0.3, 0.4) is 0 Å². The number of imidazole rings is 1. The van der Waals surface area contributed by atoms with Gasteiger partial charge in [-0.15, -0.1) is 0 Å². The van der Waals surface area contributed by atoms with Crippen LogP contribution in [0.4, 0.5) is 5.82 Å². The molecule has 39 heavy (non-hydrogen) atoms. The van der Waals surface area contributed by atoms with Crippen molar-refractivity contribution in [2.45, 2.75) is 52.7 Å².